The molecule has 1 amide bonds. The van der Waals surface area contributed by atoms with Crippen molar-refractivity contribution in [3.05, 3.63) is 0 Å². The summed E-state index contributed by atoms with van der Waals surface area (Å²) in [7, 11) is 0. The van der Waals surface area contributed by atoms with Gasteiger partial charge in [-0.1, -0.05) is 26.2 Å². The van der Waals surface area contributed by atoms with Gasteiger partial charge in [0, 0.05) is 19.5 Å². The zero-order chi connectivity index (χ0) is 13.7. The first-order valence-electron chi connectivity index (χ1n) is 8.17. The largest absolute Gasteiger partial charge is 0.343 e. The molecule has 0 bridgehead atoms. The Hall–Kier alpha value is -0.570. The summed E-state index contributed by atoms with van der Waals surface area (Å²) in [6, 6.07) is 0. The fourth-order valence-electron chi connectivity index (χ4n) is 3.67. The van der Waals surface area contributed by atoms with Gasteiger partial charge in [0.2, 0.25) is 5.91 Å². The van der Waals surface area contributed by atoms with E-state index in [-0.39, 0.29) is 5.41 Å². The Morgan fingerprint density at radius 2 is 2.05 bits per heavy atom. The standard InChI is InChI=1S/C16H30N2O/c1-2-5-14-6-3-10-18(11-7-14)15(19)12-16(13-17)8-4-9-16/h14H,2-13,17H2,1H3. The number of amides is 1. The third kappa shape index (κ3) is 3.71. The van der Waals surface area contributed by atoms with Crippen LogP contribution in [0.2, 0.25) is 0 Å². The summed E-state index contributed by atoms with van der Waals surface area (Å²) >= 11 is 0. The van der Waals surface area contributed by atoms with Gasteiger partial charge < -0.3 is 10.6 Å². The van der Waals surface area contributed by atoms with Crippen LogP contribution in [0.5, 0.6) is 0 Å². The second-order valence-corrected chi connectivity index (χ2v) is 6.70. The van der Waals surface area contributed by atoms with Gasteiger partial charge in [0.1, 0.15) is 0 Å². The van der Waals surface area contributed by atoms with Crippen molar-refractivity contribution in [1.82, 2.24) is 4.90 Å². The van der Waals surface area contributed by atoms with Gasteiger partial charge in [-0.05, 0) is 50.0 Å². The lowest BCUT2D eigenvalue weighted by atomic mass is 9.66. The molecule has 1 aliphatic heterocycles. The summed E-state index contributed by atoms with van der Waals surface area (Å²) in [5.74, 6) is 1.21. The van der Waals surface area contributed by atoms with Crippen molar-refractivity contribution >= 4 is 5.91 Å². The molecule has 1 atom stereocenters. The van der Waals surface area contributed by atoms with Crippen molar-refractivity contribution in [1.29, 1.82) is 0 Å². The van der Waals surface area contributed by atoms with E-state index in [1.54, 1.807) is 0 Å². The van der Waals surface area contributed by atoms with Gasteiger partial charge >= 0.3 is 0 Å². The van der Waals surface area contributed by atoms with Crippen LogP contribution in [0.15, 0.2) is 0 Å². The van der Waals surface area contributed by atoms with Crippen LogP contribution in [-0.4, -0.2) is 30.4 Å². The molecule has 0 aromatic heterocycles. The molecule has 0 aromatic carbocycles. The lowest BCUT2D eigenvalue weighted by Gasteiger charge is -2.41. The van der Waals surface area contributed by atoms with Crippen molar-refractivity contribution in [2.45, 2.75) is 64.7 Å². The van der Waals surface area contributed by atoms with Crippen LogP contribution in [0.4, 0.5) is 0 Å². The minimum Gasteiger partial charge on any atom is -0.343 e. The average molecular weight is 266 g/mol. The highest BCUT2D eigenvalue weighted by Gasteiger charge is 2.38. The van der Waals surface area contributed by atoms with E-state index < -0.39 is 0 Å². The summed E-state index contributed by atoms with van der Waals surface area (Å²) in [5, 5.41) is 0. The number of nitrogens with zero attached hydrogens (tertiary/aromatic N) is 1. The molecule has 1 saturated heterocycles. The summed E-state index contributed by atoms with van der Waals surface area (Å²) in [5.41, 5.74) is 6.03. The van der Waals surface area contributed by atoms with E-state index in [2.05, 4.69) is 11.8 Å². The number of likely N-dealkylation sites (tertiary alicyclic amines) is 1. The van der Waals surface area contributed by atoms with Crippen molar-refractivity contribution in [2.75, 3.05) is 19.6 Å². The lowest BCUT2D eigenvalue weighted by molar-refractivity contribution is -0.135. The number of carbonyl (C=O) groups excluding carboxylic acids is 1. The molecule has 3 nitrogen and oxygen atoms in total. The van der Waals surface area contributed by atoms with Gasteiger partial charge in [-0.15, -0.1) is 0 Å². The molecule has 0 aromatic rings. The van der Waals surface area contributed by atoms with Gasteiger partial charge in [0.05, 0.1) is 0 Å². The molecule has 1 saturated carbocycles. The maximum absolute atomic E-state index is 12.5. The number of carbonyl (C=O) groups is 1. The molecule has 19 heavy (non-hydrogen) atoms. The van der Waals surface area contributed by atoms with Crippen molar-refractivity contribution in [3.63, 3.8) is 0 Å². The van der Waals surface area contributed by atoms with E-state index in [4.69, 9.17) is 5.73 Å². The minimum absolute atomic E-state index is 0.159. The van der Waals surface area contributed by atoms with Gasteiger partial charge in [0.25, 0.3) is 0 Å². The number of hydrogen-bond acceptors (Lipinski definition) is 2. The predicted octanol–water partition coefficient (Wildman–Crippen LogP) is 2.93. The van der Waals surface area contributed by atoms with Crippen LogP contribution < -0.4 is 5.73 Å². The SMILES string of the molecule is CCCC1CCCN(C(=O)CC2(CN)CCC2)CC1. The maximum atomic E-state index is 12.5. The van der Waals surface area contributed by atoms with Crippen LogP contribution in [0.3, 0.4) is 0 Å². The van der Waals surface area contributed by atoms with Crippen molar-refractivity contribution < 1.29 is 4.79 Å². The Balaban J connectivity index is 1.82. The predicted molar refractivity (Wildman–Crippen MR) is 78.8 cm³/mol. The summed E-state index contributed by atoms with van der Waals surface area (Å²) < 4.78 is 0. The Morgan fingerprint density at radius 1 is 1.26 bits per heavy atom. The van der Waals surface area contributed by atoms with E-state index >= 15 is 0 Å². The van der Waals surface area contributed by atoms with E-state index in [0.29, 0.717) is 18.9 Å². The fourth-order valence-corrected chi connectivity index (χ4v) is 3.67. The fraction of sp³-hybridized carbons (Fsp3) is 0.938. The molecule has 1 aliphatic carbocycles. The molecule has 110 valence electrons. The molecule has 2 fully saturated rings. The van der Waals surface area contributed by atoms with Crippen molar-refractivity contribution in [3.8, 4) is 0 Å². The van der Waals surface area contributed by atoms with E-state index in [9.17, 15) is 4.79 Å². The monoisotopic (exact) mass is 266 g/mol. The van der Waals surface area contributed by atoms with E-state index in [1.165, 1.54) is 38.5 Å². The van der Waals surface area contributed by atoms with Crippen LogP contribution >= 0.6 is 0 Å². The Morgan fingerprint density at radius 3 is 2.63 bits per heavy atom. The smallest absolute Gasteiger partial charge is 0.223 e. The van der Waals surface area contributed by atoms with Gasteiger partial charge in [0.15, 0.2) is 0 Å². The van der Waals surface area contributed by atoms with Gasteiger partial charge in [-0.2, -0.15) is 0 Å². The highest BCUT2D eigenvalue weighted by molar-refractivity contribution is 5.77. The first kappa shape index (κ1) is 14.8. The molecule has 0 spiro atoms. The Labute approximate surface area is 117 Å². The summed E-state index contributed by atoms with van der Waals surface area (Å²) in [6.07, 6.45) is 10.6. The highest BCUT2D eigenvalue weighted by Crippen LogP contribution is 2.43. The first-order chi connectivity index (χ1) is 9.19. The van der Waals surface area contributed by atoms with Gasteiger partial charge in [-0.25, -0.2) is 0 Å². The normalized spacial score (nSPS) is 26.6. The van der Waals surface area contributed by atoms with Gasteiger partial charge in [-0.3, -0.25) is 4.79 Å². The molecule has 1 heterocycles. The van der Waals surface area contributed by atoms with Crippen molar-refractivity contribution in [2.24, 2.45) is 17.1 Å². The molecule has 3 heteroatoms. The zero-order valence-electron chi connectivity index (χ0n) is 12.5. The molecular weight excluding hydrogens is 236 g/mol. The third-order valence-electron chi connectivity index (χ3n) is 5.27. The molecular formula is C16H30N2O. The second kappa shape index (κ2) is 6.74. The molecule has 1 unspecified atom stereocenters. The number of hydrogen-bond donors (Lipinski definition) is 1. The van der Waals surface area contributed by atoms with Crippen LogP contribution in [0.1, 0.15) is 64.7 Å². The summed E-state index contributed by atoms with van der Waals surface area (Å²) in [4.78, 5) is 14.6. The second-order valence-electron chi connectivity index (χ2n) is 6.70. The molecule has 2 rings (SSSR count). The summed E-state index contributed by atoms with van der Waals surface area (Å²) in [6.45, 7) is 4.89. The number of rotatable bonds is 5. The van der Waals surface area contributed by atoms with Crippen LogP contribution in [-0.2, 0) is 4.79 Å². The molecule has 2 N–H and O–H groups in total. The topological polar surface area (TPSA) is 46.3 Å². The quantitative estimate of drug-likeness (QED) is 0.831. The molecule has 0 radical (unpaired) electrons. The van der Waals surface area contributed by atoms with E-state index in [1.807, 2.05) is 0 Å². The lowest BCUT2D eigenvalue weighted by Crippen LogP contribution is -2.43. The zero-order valence-corrected chi connectivity index (χ0v) is 12.5. The highest BCUT2D eigenvalue weighted by atomic mass is 16.2. The number of nitrogens with two attached hydrogens (primary N) is 1. The minimum atomic E-state index is 0.159. The first-order valence-corrected chi connectivity index (χ1v) is 8.17. The molecule has 2 aliphatic rings. The Bertz CT molecular complexity index is 294. The Kier molecular flexibility index (Phi) is 5.26. The average Bonchev–Trinajstić information content (AvgIpc) is 2.60. The van der Waals surface area contributed by atoms with Crippen LogP contribution in [0.25, 0.3) is 0 Å². The van der Waals surface area contributed by atoms with Crippen LogP contribution in [0, 0.1) is 11.3 Å². The maximum Gasteiger partial charge on any atom is 0.223 e. The third-order valence-corrected chi connectivity index (χ3v) is 5.27. The van der Waals surface area contributed by atoms with E-state index in [0.717, 1.165) is 31.8 Å².